The minimum absolute atomic E-state index is 0.164. The first-order valence-corrected chi connectivity index (χ1v) is 5.63. The fourth-order valence-electron chi connectivity index (χ4n) is 1.59. The Morgan fingerprint density at radius 1 is 1.65 bits per heavy atom. The zero-order valence-electron chi connectivity index (χ0n) is 9.20. The Balaban J connectivity index is 2.40. The second kappa shape index (κ2) is 7.82. The Hall–Kier alpha value is -0.420. The van der Waals surface area contributed by atoms with E-state index in [4.69, 9.17) is 19.3 Å². The second-order valence-electron chi connectivity index (χ2n) is 3.53. The largest absolute Gasteiger partial charge is 0.394 e. The lowest BCUT2D eigenvalue weighted by Crippen LogP contribution is -2.50. The van der Waals surface area contributed by atoms with Gasteiger partial charge in [-0.15, -0.1) is 4.33 Å². The van der Waals surface area contributed by atoms with E-state index in [1.54, 1.807) is 0 Å². The molecule has 3 N–H and O–H groups in total. The maximum absolute atomic E-state index is 10.9. The number of aliphatic hydroxyl groups excluding tert-OH is 1. The molecular formula is C8H15NO7S. The molecule has 8 nitrogen and oxygen atoms in total. The summed E-state index contributed by atoms with van der Waals surface area (Å²) in [4.78, 5) is 10.9. The minimum Gasteiger partial charge on any atom is -0.394 e. The Morgan fingerprint density at radius 3 is 3.00 bits per heavy atom. The minimum atomic E-state index is -0.505. The highest BCUT2D eigenvalue weighted by Crippen LogP contribution is 2.22. The van der Waals surface area contributed by atoms with Gasteiger partial charge in [-0.05, 0) is 0 Å². The molecule has 100 valence electrons. The highest BCUT2D eigenvalue weighted by molar-refractivity contribution is 7.89. The van der Waals surface area contributed by atoms with Crippen molar-refractivity contribution in [3.8, 4) is 0 Å². The van der Waals surface area contributed by atoms with Crippen molar-refractivity contribution in [1.29, 1.82) is 0 Å². The average molecular weight is 269 g/mol. The van der Waals surface area contributed by atoms with Gasteiger partial charge in [0, 0.05) is 13.3 Å². The van der Waals surface area contributed by atoms with Crippen molar-refractivity contribution >= 4 is 18.2 Å². The van der Waals surface area contributed by atoms with Crippen molar-refractivity contribution in [2.75, 3.05) is 13.2 Å². The van der Waals surface area contributed by atoms with E-state index in [0.29, 0.717) is 25.4 Å². The summed E-state index contributed by atoms with van der Waals surface area (Å²) in [7, 11) is 0. The molecule has 2 unspecified atom stereocenters. The van der Waals surface area contributed by atoms with Crippen LogP contribution in [0.25, 0.3) is 0 Å². The zero-order chi connectivity index (χ0) is 12.7. The van der Waals surface area contributed by atoms with Crippen LogP contribution in [-0.2, 0) is 23.1 Å². The molecule has 0 aliphatic carbocycles. The molecule has 1 aliphatic rings. The summed E-state index contributed by atoms with van der Waals surface area (Å²) in [6.07, 6.45) is -0.521. The van der Waals surface area contributed by atoms with E-state index in [-0.39, 0.29) is 18.6 Å². The summed E-state index contributed by atoms with van der Waals surface area (Å²) in [6.45, 7) is 1.51. The number of aliphatic hydroxyl groups is 1. The maximum Gasteiger partial charge on any atom is 0.217 e. The van der Waals surface area contributed by atoms with Crippen molar-refractivity contribution in [2.45, 2.75) is 31.6 Å². The highest BCUT2D eigenvalue weighted by atomic mass is 32.2. The van der Waals surface area contributed by atoms with Crippen LogP contribution in [0.1, 0.15) is 13.3 Å². The lowest BCUT2D eigenvalue weighted by atomic mass is 10.0. The Labute approximate surface area is 102 Å². The molecule has 0 spiro atoms. The number of hydrogen-bond acceptors (Lipinski definition) is 8. The quantitative estimate of drug-likeness (QED) is 0.260. The standard InChI is InChI=1S/C8H15NO7S/c1-5(11)9-6-2-7(14-17-16-15-12)8(3-10)13-4-6/h6-8,10,12H,2-4H2,1H3,(H,9,11)/t6?,7-,8?/m1/s1. The average Bonchev–Trinajstić information content (AvgIpc) is 2.29. The van der Waals surface area contributed by atoms with Crippen molar-refractivity contribution in [3.05, 3.63) is 0 Å². The fourth-order valence-corrected chi connectivity index (χ4v) is 1.95. The number of carbonyl (C=O) groups excluding carboxylic acids is 1. The molecule has 3 atom stereocenters. The Kier molecular flexibility index (Phi) is 6.73. The lowest BCUT2D eigenvalue weighted by molar-refractivity contribution is -0.434. The molecule has 1 amide bonds. The van der Waals surface area contributed by atoms with Crippen LogP contribution in [-0.4, -0.2) is 47.7 Å². The summed E-state index contributed by atoms with van der Waals surface area (Å²) in [5.74, 6) is -0.164. The van der Waals surface area contributed by atoms with Crippen molar-refractivity contribution in [1.82, 2.24) is 5.32 Å². The molecular weight excluding hydrogens is 254 g/mol. The molecule has 1 rings (SSSR count). The fraction of sp³-hybridized carbons (Fsp3) is 0.875. The molecule has 0 saturated carbocycles. The van der Waals surface area contributed by atoms with Crippen LogP contribution in [0.2, 0.25) is 0 Å². The summed E-state index contributed by atoms with van der Waals surface area (Å²) in [6, 6.07) is -0.184. The molecule has 0 aromatic carbocycles. The molecule has 1 heterocycles. The van der Waals surface area contributed by atoms with Gasteiger partial charge in [-0.3, -0.25) is 8.98 Å². The molecule has 9 heteroatoms. The van der Waals surface area contributed by atoms with Gasteiger partial charge in [0.1, 0.15) is 12.2 Å². The smallest absolute Gasteiger partial charge is 0.217 e. The number of ether oxygens (including phenoxy) is 1. The van der Waals surface area contributed by atoms with Gasteiger partial charge in [0.25, 0.3) is 0 Å². The van der Waals surface area contributed by atoms with Crippen LogP contribution in [0.5, 0.6) is 0 Å². The first-order chi connectivity index (χ1) is 8.17. The van der Waals surface area contributed by atoms with Crippen molar-refractivity contribution < 1.29 is 33.5 Å². The molecule has 1 saturated heterocycles. The van der Waals surface area contributed by atoms with E-state index in [9.17, 15) is 4.79 Å². The van der Waals surface area contributed by atoms with Gasteiger partial charge in [0.05, 0.1) is 19.3 Å². The first-order valence-electron chi connectivity index (χ1n) is 4.97. The van der Waals surface area contributed by atoms with Crippen LogP contribution in [0.3, 0.4) is 0 Å². The molecule has 0 aromatic rings. The topological polar surface area (TPSA) is 106 Å². The van der Waals surface area contributed by atoms with E-state index in [1.807, 2.05) is 0 Å². The number of carbonyl (C=O) groups is 1. The van der Waals surface area contributed by atoms with Gasteiger partial charge < -0.3 is 15.2 Å². The maximum atomic E-state index is 10.9. The monoisotopic (exact) mass is 269 g/mol. The molecule has 1 fully saturated rings. The van der Waals surface area contributed by atoms with E-state index >= 15 is 0 Å². The third-order valence-electron chi connectivity index (χ3n) is 2.25. The second-order valence-corrected chi connectivity index (χ2v) is 4.00. The third kappa shape index (κ3) is 5.17. The lowest BCUT2D eigenvalue weighted by Gasteiger charge is -2.34. The van der Waals surface area contributed by atoms with Crippen LogP contribution in [0.4, 0.5) is 0 Å². The van der Waals surface area contributed by atoms with Crippen LogP contribution in [0.15, 0.2) is 0 Å². The van der Waals surface area contributed by atoms with Gasteiger partial charge in [0.2, 0.25) is 5.91 Å². The van der Waals surface area contributed by atoms with Crippen LogP contribution in [0, 0.1) is 0 Å². The summed E-state index contributed by atoms with van der Waals surface area (Å²) in [5.41, 5.74) is 0. The predicted octanol–water partition coefficient (Wildman–Crippen LogP) is -0.358. The number of amides is 1. The third-order valence-corrected chi connectivity index (χ3v) is 2.69. The summed E-state index contributed by atoms with van der Waals surface area (Å²) in [5, 5.41) is 23.0. The Bertz CT molecular complexity index is 242. The zero-order valence-corrected chi connectivity index (χ0v) is 10.0. The van der Waals surface area contributed by atoms with E-state index in [1.165, 1.54) is 6.92 Å². The van der Waals surface area contributed by atoms with E-state index in [0.717, 1.165) is 0 Å². The van der Waals surface area contributed by atoms with Gasteiger partial charge in [-0.25, -0.2) is 5.26 Å². The van der Waals surface area contributed by atoms with E-state index in [2.05, 4.69) is 14.7 Å². The molecule has 1 aliphatic heterocycles. The molecule has 0 bridgehead atoms. The number of rotatable bonds is 6. The SMILES string of the molecule is CC(=O)NC1COC(CO)[C@H](OSOOO)C1. The number of nitrogens with one attached hydrogen (secondary N) is 1. The van der Waals surface area contributed by atoms with E-state index < -0.39 is 12.2 Å². The van der Waals surface area contributed by atoms with Crippen LogP contribution >= 0.6 is 12.3 Å². The highest BCUT2D eigenvalue weighted by Gasteiger charge is 2.33. The van der Waals surface area contributed by atoms with Gasteiger partial charge in [-0.2, -0.15) is 0 Å². The number of hydrogen-bond donors (Lipinski definition) is 3. The van der Waals surface area contributed by atoms with Gasteiger partial charge >= 0.3 is 0 Å². The molecule has 0 radical (unpaired) electrons. The first kappa shape index (κ1) is 14.6. The molecule has 0 aromatic heterocycles. The predicted molar refractivity (Wildman–Crippen MR) is 56.3 cm³/mol. The van der Waals surface area contributed by atoms with Gasteiger partial charge in [0.15, 0.2) is 12.3 Å². The van der Waals surface area contributed by atoms with Crippen molar-refractivity contribution in [3.63, 3.8) is 0 Å². The molecule has 17 heavy (non-hydrogen) atoms. The summed E-state index contributed by atoms with van der Waals surface area (Å²) >= 11 is 0.424. The van der Waals surface area contributed by atoms with Crippen molar-refractivity contribution in [2.24, 2.45) is 0 Å². The Morgan fingerprint density at radius 2 is 2.41 bits per heavy atom. The normalized spacial score (nSPS) is 29.0. The summed E-state index contributed by atoms with van der Waals surface area (Å²) < 4.78 is 14.5. The van der Waals surface area contributed by atoms with Gasteiger partial charge in [-0.1, -0.05) is 5.04 Å². The van der Waals surface area contributed by atoms with Crippen LogP contribution < -0.4 is 5.32 Å².